The molecule has 4 heteroatoms. The van der Waals surface area contributed by atoms with E-state index >= 15 is 0 Å². The minimum Gasteiger partial charge on any atom is -0.370 e. The number of aromatic nitrogens is 2. The molecule has 0 bridgehead atoms. The van der Waals surface area contributed by atoms with Gasteiger partial charge in [-0.1, -0.05) is 6.58 Å². The van der Waals surface area contributed by atoms with E-state index in [1.54, 1.807) is 18.3 Å². The summed E-state index contributed by atoms with van der Waals surface area (Å²) in [5.74, 6) is 0.528. The summed E-state index contributed by atoms with van der Waals surface area (Å²) in [6.07, 6.45) is 2.16. The van der Waals surface area contributed by atoms with Crippen molar-refractivity contribution in [3.05, 3.63) is 31.0 Å². The van der Waals surface area contributed by atoms with Crippen LogP contribution in [0.5, 0.6) is 0 Å². The highest BCUT2D eigenvalue weighted by Crippen LogP contribution is 1.99. The van der Waals surface area contributed by atoms with Crippen LogP contribution in [0.1, 0.15) is 0 Å². The lowest BCUT2D eigenvalue weighted by atomic mass is 10.5. The maximum Gasteiger partial charge on any atom is 0.150 e. The van der Waals surface area contributed by atoms with Crippen LogP contribution in [-0.2, 0) is 0 Å². The van der Waals surface area contributed by atoms with Gasteiger partial charge in [-0.15, -0.1) is 5.10 Å². The van der Waals surface area contributed by atoms with Crippen molar-refractivity contribution >= 4 is 5.82 Å². The first-order chi connectivity index (χ1) is 5.33. The zero-order valence-electron chi connectivity index (χ0n) is 5.94. The fourth-order valence-corrected chi connectivity index (χ4v) is 0.589. The normalized spacial score (nSPS) is 12.1. The number of aliphatic hydroxyl groups is 1. The Kier molecular flexibility index (Phi) is 2.57. The zero-order valence-corrected chi connectivity index (χ0v) is 5.94. The van der Waals surface area contributed by atoms with Crippen molar-refractivity contribution in [1.29, 1.82) is 0 Å². The van der Waals surface area contributed by atoms with Crippen LogP contribution < -0.4 is 5.32 Å². The van der Waals surface area contributed by atoms with Crippen molar-refractivity contribution < 1.29 is 5.11 Å². The predicted molar refractivity (Wildman–Crippen MR) is 41.9 cm³/mol. The van der Waals surface area contributed by atoms with E-state index in [0.717, 1.165) is 0 Å². The van der Waals surface area contributed by atoms with E-state index in [2.05, 4.69) is 22.1 Å². The van der Waals surface area contributed by atoms with E-state index in [1.807, 2.05) is 0 Å². The Morgan fingerprint density at radius 3 is 3.09 bits per heavy atom. The van der Waals surface area contributed by atoms with Gasteiger partial charge in [-0.05, 0) is 18.2 Å². The number of anilines is 1. The molecule has 4 nitrogen and oxygen atoms in total. The molecule has 1 heterocycles. The maximum atomic E-state index is 9.01. The molecule has 58 valence electrons. The van der Waals surface area contributed by atoms with Crippen molar-refractivity contribution in [3.8, 4) is 0 Å². The van der Waals surface area contributed by atoms with Crippen LogP contribution in [0.4, 0.5) is 5.82 Å². The summed E-state index contributed by atoms with van der Waals surface area (Å²) in [6, 6.07) is 3.44. The zero-order chi connectivity index (χ0) is 8.10. The second-order valence-corrected chi connectivity index (χ2v) is 1.93. The SMILES string of the molecule is C=CC(O)Nc1cccnn1. The third-order valence-corrected chi connectivity index (χ3v) is 1.09. The second-order valence-electron chi connectivity index (χ2n) is 1.93. The van der Waals surface area contributed by atoms with Crippen LogP contribution in [0, 0.1) is 0 Å². The van der Waals surface area contributed by atoms with Crippen molar-refractivity contribution in [1.82, 2.24) is 10.2 Å². The highest BCUT2D eigenvalue weighted by atomic mass is 16.3. The van der Waals surface area contributed by atoms with Gasteiger partial charge in [0.2, 0.25) is 0 Å². The van der Waals surface area contributed by atoms with E-state index < -0.39 is 6.23 Å². The van der Waals surface area contributed by atoms with Crippen LogP contribution >= 0.6 is 0 Å². The number of nitrogens with one attached hydrogen (secondary N) is 1. The van der Waals surface area contributed by atoms with Gasteiger partial charge in [0.25, 0.3) is 0 Å². The van der Waals surface area contributed by atoms with Crippen LogP contribution in [0.25, 0.3) is 0 Å². The standard InChI is InChI=1S/C7H9N3O/c1-2-7(11)9-6-4-3-5-8-10-6/h2-5,7,11H,1H2,(H,9,10). The van der Waals surface area contributed by atoms with Crippen LogP contribution in [-0.4, -0.2) is 21.5 Å². The van der Waals surface area contributed by atoms with Gasteiger partial charge in [0.15, 0.2) is 5.82 Å². The molecule has 0 saturated heterocycles. The quantitative estimate of drug-likeness (QED) is 0.484. The maximum absolute atomic E-state index is 9.01. The third kappa shape index (κ3) is 2.35. The summed E-state index contributed by atoms with van der Waals surface area (Å²) in [7, 11) is 0. The molecular weight excluding hydrogens is 142 g/mol. The molecule has 0 aliphatic rings. The Morgan fingerprint density at radius 2 is 2.55 bits per heavy atom. The fourth-order valence-electron chi connectivity index (χ4n) is 0.589. The van der Waals surface area contributed by atoms with Crippen LogP contribution in [0.3, 0.4) is 0 Å². The Hall–Kier alpha value is -1.42. The number of hydrogen-bond donors (Lipinski definition) is 2. The molecule has 0 spiro atoms. The highest BCUT2D eigenvalue weighted by Gasteiger charge is 1.96. The van der Waals surface area contributed by atoms with Gasteiger partial charge in [-0.2, -0.15) is 5.10 Å². The monoisotopic (exact) mass is 151 g/mol. The van der Waals surface area contributed by atoms with Crippen molar-refractivity contribution in [2.45, 2.75) is 6.23 Å². The molecule has 0 aliphatic carbocycles. The summed E-state index contributed by atoms with van der Waals surface area (Å²) < 4.78 is 0. The van der Waals surface area contributed by atoms with E-state index in [1.165, 1.54) is 6.08 Å². The average Bonchev–Trinajstić information content (AvgIpc) is 2.06. The summed E-state index contributed by atoms with van der Waals surface area (Å²) in [5, 5.41) is 19.0. The smallest absolute Gasteiger partial charge is 0.150 e. The Morgan fingerprint density at radius 1 is 1.73 bits per heavy atom. The molecule has 0 radical (unpaired) electrons. The van der Waals surface area contributed by atoms with E-state index in [-0.39, 0.29) is 0 Å². The molecule has 0 amide bonds. The van der Waals surface area contributed by atoms with Gasteiger partial charge in [0.1, 0.15) is 6.23 Å². The molecule has 0 saturated carbocycles. The summed E-state index contributed by atoms with van der Waals surface area (Å²) in [6.45, 7) is 3.40. The van der Waals surface area contributed by atoms with E-state index in [9.17, 15) is 0 Å². The van der Waals surface area contributed by atoms with E-state index in [4.69, 9.17) is 5.11 Å². The first kappa shape index (κ1) is 7.68. The predicted octanol–water partition coefficient (Wildman–Crippen LogP) is 0.393. The summed E-state index contributed by atoms with van der Waals surface area (Å²) >= 11 is 0. The van der Waals surface area contributed by atoms with Gasteiger partial charge in [0.05, 0.1) is 0 Å². The summed E-state index contributed by atoms with van der Waals surface area (Å²) in [5.41, 5.74) is 0. The largest absolute Gasteiger partial charge is 0.370 e. The number of nitrogens with zero attached hydrogens (tertiary/aromatic N) is 2. The lowest BCUT2D eigenvalue weighted by Crippen LogP contribution is -2.15. The molecule has 1 unspecified atom stereocenters. The topological polar surface area (TPSA) is 58.0 Å². The molecule has 2 N–H and O–H groups in total. The number of aliphatic hydroxyl groups excluding tert-OH is 1. The van der Waals surface area contributed by atoms with Crippen LogP contribution in [0.2, 0.25) is 0 Å². The average molecular weight is 151 g/mol. The summed E-state index contributed by atoms with van der Waals surface area (Å²) in [4.78, 5) is 0. The lowest BCUT2D eigenvalue weighted by molar-refractivity contribution is 0.252. The van der Waals surface area contributed by atoms with Gasteiger partial charge >= 0.3 is 0 Å². The third-order valence-electron chi connectivity index (χ3n) is 1.09. The minimum absolute atomic E-state index is 0.528. The Bertz CT molecular complexity index is 224. The van der Waals surface area contributed by atoms with Crippen molar-refractivity contribution in [2.24, 2.45) is 0 Å². The first-order valence-electron chi connectivity index (χ1n) is 3.18. The Balaban J connectivity index is 2.57. The molecule has 1 rings (SSSR count). The lowest BCUT2D eigenvalue weighted by Gasteiger charge is -2.06. The molecule has 1 aromatic heterocycles. The molecule has 1 aromatic rings. The fraction of sp³-hybridized carbons (Fsp3) is 0.143. The van der Waals surface area contributed by atoms with E-state index in [0.29, 0.717) is 5.82 Å². The molecule has 1 atom stereocenters. The first-order valence-corrected chi connectivity index (χ1v) is 3.18. The molecule has 0 fully saturated rings. The molecule has 11 heavy (non-hydrogen) atoms. The minimum atomic E-state index is -0.772. The molecular formula is C7H9N3O. The van der Waals surface area contributed by atoms with Crippen molar-refractivity contribution in [3.63, 3.8) is 0 Å². The highest BCUT2D eigenvalue weighted by molar-refractivity contribution is 5.32. The van der Waals surface area contributed by atoms with Crippen molar-refractivity contribution in [2.75, 3.05) is 5.32 Å². The van der Waals surface area contributed by atoms with Gasteiger partial charge < -0.3 is 10.4 Å². The molecule has 0 aliphatic heterocycles. The van der Waals surface area contributed by atoms with Gasteiger partial charge in [-0.25, -0.2) is 0 Å². The van der Waals surface area contributed by atoms with Gasteiger partial charge in [-0.3, -0.25) is 0 Å². The number of hydrogen-bond acceptors (Lipinski definition) is 4. The molecule has 0 aromatic carbocycles. The Labute approximate surface area is 64.6 Å². The van der Waals surface area contributed by atoms with Crippen LogP contribution in [0.15, 0.2) is 31.0 Å². The number of rotatable bonds is 3. The van der Waals surface area contributed by atoms with Gasteiger partial charge in [0, 0.05) is 6.20 Å². The second kappa shape index (κ2) is 3.68.